The number of fused-ring (bicyclic) bond motifs is 1. The molecule has 0 saturated heterocycles. The first-order chi connectivity index (χ1) is 14.2. The van der Waals surface area contributed by atoms with Crippen LogP contribution in [0, 0.1) is 23.0 Å². The van der Waals surface area contributed by atoms with Crippen molar-refractivity contribution in [3.05, 3.63) is 81.8 Å². The fraction of sp³-hybridized carbons (Fsp3) is 0.0500. The van der Waals surface area contributed by atoms with E-state index in [0.29, 0.717) is 23.3 Å². The van der Waals surface area contributed by atoms with E-state index in [2.05, 4.69) is 4.98 Å². The van der Waals surface area contributed by atoms with E-state index < -0.39 is 34.8 Å². The van der Waals surface area contributed by atoms with E-state index in [1.54, 1.807) is 0 Å². The third kappa shape index (κ3) is 3.20. The molecule has 2 aromatic heterocycles. The summed E-state index contributed by atoms with van der Waals surface area (Å²) in [6.07, 6.45) is -4.83. The Morgan fingerprint density at radius 1 is 1.03 bits per heavy atom. The van der Waals surface area contributed by atoms with Crippen LogP contribution in [0.25, 0.3) is 28.3 Å². The zero-order valence-electron chi connectivity index (χ0n) is 14.8. The molecule has 0 amide bonds. The van der Waals surface area contributed by atoms with E-state index in [1.807, 2.05) is 11.1 Å². The summed E-state index contributed by atoms with van der Waals surface area (Å²) >= 11 is 0. The number of rotatable bonds is 2. The Labute approximate surface area is 164 Å². The Kier molecular flexibility index (Phi) is 4.38. The van der Waals surface area contributed by atoms with Gasteiger partial charge in [-0.2, -0.15) is 18.4 Å². The van der Waals surface area contributed by atoms with Gasteiger partial charge in [-0.1, -0.05) is 12.1 Å². The number of aromatic nitrogens is 3. The molecular weight excluding hydrogens is 407 g/mol. The Morgan fingerprint density at radius 3 is 2.33 bits per heavy atom. The molecule has 0 saturated carbocycles. The van der Waals surface area contributed by atoms with Crippen LogP contribution in [0.3, 0.4) is 0 Å². The highest BCUT2D eigenvalue weighted by Gasteiger charge is 2.33. The van der Waals surface area contributed by atoms with Crippen LogP contribution in [0.5, 0.6) is 0 Å². The van der Waals surface area contributed by atoms with Gasteiger partial charge in [0.2, 0.25) is 5.78 Å². The fourth-order valence-corrected chi connectivity index (χ4v) is 3.05. The first-order valence-electron chi connectivity index (χ1n) is 8.38. The van der Waals surface area contributed by atoms with Gasteiger partial charge in [0.15, 0.2) is 0 Å². The maximum atomic E-state index is 14.5. The number of nitrogens with one attached hydrogen (secondary N) is 1. The van der Waals surface area contributed by atoms with Crippen molar-refractivity contribution < 1.29 is 22.0 Å². The monoisotopic (exact) mass is 416 g/mol. The third-order valence-electron chi connectivity index (χ3n) is 4.39. The molecule has 2 aromatic carbocycles. The maximum Gasteiger partial charge on any atom is 0.431 e. The number of hydrogen-bond acceptors (Lipinski definition) is 3. The van der Waals surface area contributed by atoms with Crippen LogP contribution < -0.4 is 5.56 Å². The van der Waals surface area contributed by atoms with Crippen molar-refractivity contribution >= 4 is 5.78 Å². The molecule has 0 spiro atoms. The lowest BCUT2D eigenvalue weighted by Gasteiger charge is -2.09. The number of alkyl halides is 3. The number of halogens is 5. The topological polar surface area (TPSA) is 73.9 Å². The third-order valence-corrected chi connectivity index (χ3v) is 4.39. The zero-order chi connectivity index (χ0) is 21.6. The van der Waals surface area contributed by atoms with E-state index >= 15 is 0 Å². The van der Waals surface area contributed by atoms with Crippen LogP contribution in [0.2, 0.25) is 0 Å². The van der Waals surface area contributed by atoms with Gasteiger partial charge in [-0.15, -0.1) is 0 Å². The molecule has 5 nitrogen and oxygen atoms in total. The molecule has 30 heavy (non-hydrogen) atoms. The Balaban J connectivity index is 2.10. The van der Waals surface area contributed by atoms with Crippen LogP contribution in [0.4, 0.5) is 22.0 Å². The van der Waals surface area contributed by atoms with Gasteiger partial charge < -0.3 is 4.98 Å². The van der Waals surface area contributed by atoms with Crippen LogP contribution in [-0.2, 0) is 6.18 Å². The van der Waals surface area contributed by atoms with Gasteiger partial charge in [-0.25, -0.2) is 18.2 Å². The summed E-state index contributed by atoms with van der Waals surface area (Å²) in [4.78, 5) is 18.6. The normalized spacial score (nSPS) is 11.6. The molecule has 0 aliphatic heterocycles. The van der Waals surface area contributed by atoms with Crippen molar-refractivity contribution in [1.82, 2.24) is 14.4 Å². The average Bonchev–Trinajstić information content (AvgIpc) is 3.07. The minimum atomic E-state index is -4.83. The van der Waals surface area contributed by atoms with E-state index in [0.717, 1.165) is 16.5 Å². The Bertz CT molecular complexity index is 1380. The molecule has 2 heterocycles. The Morgan fingerprint density at radius 2 is 1.73 bits per heavy atom. The van der Waals surface area contributed by atoms with Gasteiger partial charge in [0, 0.05) is 23.3 Å². The molecule has 10 heteroatoms. The lowest BCUT2D eigenvalue weighted by atomic mass is 10.0. The summed E-state index contributed by atoms with van der Waals surface area (Å²) in [6.45, 7) is 0. The first kappa shape index (κ1) is 19.3. The zero-order valence-corrected chi connectivity index (χ0v) is 14.8. The van der Waals surface area contributed by atoms with E-state index in [-0.39, 0.29) is 17.0 Å². The largest absolute Gasteiger partial charge is 0.431 e. The summed E-state index contributed by atoms with van der Waals surface area (Å²) < 4.78 is 68.0. The highest BCUT2D eigenvalue weighted by atomic mass is 19.4. The van der Waals surface area contributed by atoms with Gasteiger partial charge in [-0.3, -0.25) is 4.79 Å². The molecule has 0 aliphatic carbocycles. The standard InChI is InChI=1S/C20H9F5N4O/c21-12-5-6-13(14(22)7-12)18-17(11-3-1-10(9-26)2-4-11)28-19-27-15(20(23,24)25)8-16(30)29(18)19/h1-8H,(H,27,28). The molecule has 0 fully saturated rings. The molecule has 0 unspecified atom stereocenters. The predicted octanol–water partition coefficient (Wildman–Crippen LogP) is 4.53. The average molecular weight is 416 g/mol. The predicted molar refractivity (Wildman–Crippen MR) is 96.3 cm³/mol. The molecule has 0 bridgehead atoms. The first-order valence-corrected chi connectivity index (χ1v) is 8.38. The molecule has 0 atom stereocenters. The van der Waals surface area contributed by atoms with Gasteiger partial charge >= 0.3 is 6.18 Å². The quantitative estimate of drug-likeness (QED) is 0.488. The van der Waals surface area contributed by atoms with Gasteiger partial charge in [0.1, 0.15) is 17.3 Å². The summed E-state index contributed by atoms with van der Waals surface area (Å²) in [7, 11) is 0. The van der Waals surface area contributed by atoms with Crippen molar-refractivity contribution in [2.45, 2.75) is 6.18 Å². The molecule has 0 aliphatic rings. The van der Waals surface area contributed by atoms with Crippen LogP contribution in [0.1, 0.15) is 11.3 Å². The second-order valence-electron chi connectivity index (χ2n) is 6.30. The second kappa shape index (κ2) is 6.81. The smallest absolute Gasteiger partial charge is 0.321 e. The van der Waals surface area contributed by atoms with Crippen molar-refractivity contribution in [2.24, 2.45) is 0 Å². The van der Waals surface area contributed by atoms with Crippen LogP contribution in [-0.4, -0.2) is 14.4 Å². The van der Waals surface area contributed by atoms with Gasteiger partial charge in [0.05, 0.1) is 23.0 Å². The van der Waals surface area contributed by atoms with E-state index in [1.165, 1.54) is 24.3 Å². The number of aromatic amines is 1. The van der Waals surface area contributed by atoms with Gasteiger partial charge in [-0.05, 0) is 24.3 Å². The molecule has 4 rings (SSSR count). The second-order valence-corrected chi connectivity index (χ2v) is 6.30. The number of nitrogens with zero attached hydrogens (tertiary/aromatic N) is 3. The summed E-state index contributed by atoms with van der Waals surface area (Å²) in [5.74, 6) is -2.35. The lowest BCUT2D eigenvalue weighted by Crippen LogP contribution is -2.20. The SMILES string of the molecule is N#Cc1ccc(-c2nc3[nH]c(C(F)(F)F)cc(=O)n3c2-c2ccc(F)cc2F)cc1. The fourth-order valence-electron chi connectivity index (χ4n) is 3.05. The molecule has 1 N–H and O–H groups in total. The molecule has 4 aromatic rings. The highest BCUT2D eigenvalue weighted by molar-refractivity contribution is 5.81. The van der Waals surface area contributed by atoms with Gasteiger partial charge in [0.25, 0.3) is 5.56 Å². The van der Waals surface area contributed by atoms with Crippen molar-refractivity contribution in [3.63, 3.8) is 0 Å². The number of imidazole rings is 1. The minimum absolute atomic E-state index is 0.0160. The minimum Gasteiger partial charge on any atom is -0.321 e. The van der Waals surface area contributed by atoms with Crippen molar-refractivity contribution in [1.29, 1.82) is 5.26 Å². The number of nitriles is 1. The summed E-state index contributed by atoms with van der Waals surface area (Å²) in [6, 6.07) is 10.7. The lowest BCUT2D eigenvalue weighted by molar-refractivity contribution is -0.141. The van der Waals surface area contributed by atoms with E-state index in [9.17, 15) is 26.7 Å². The summed E-state index contributed by atoms with van der Waals surface area (Å²) in [5.41, 5.74) is -2.18. The summed E-state index contributed by atoms with van der Waals surface area (Å²) in [5, 5.41) is 8.94. The number of benzene rings is 2. The molecule has 150 valence electrons. The number of H-pyrrole nitrogens is 1. The van der Waals surface area contributed by atoms with Crippen LogP contribution in [0.15, 0.2) is 53.3 Å². The van der Waals surface area contributed by atoms with Crippen molar-refractivity contribution in [3.8, 4) is 28.6 Å². The Hall–Kier alpha value is -4.00. The molecular formula is C20H9F5N4O. The van der Waals surface area contributed by atoms with E-state index in [4.69, 9.17) is 5.26 Å². The maximum absolute atomic E-state index is 14.5. The van der Waals surface area contributed by atoms with Crippen LogP contribution >= 0.6 is 0 Å². The number of hydrogen-bond donors (Lipinski definition) is 1. The highest BCUT2D eigenvalue weighted by Crippen LogP contribution is 2.34. The van der Waals surface area contributed by atoms with Crippen molar-refractivity contribution in [2.75, 3.05) is 0 Å². The molecule has 0 radical (unpaired) electrons.